The van der Waals surface area contributed by atoms with E-state index in [0.717, 1.165) is 24.3 Å². The highest BCUT2D eigenvalue weighted by Gasteiger charge is 2.30. The van der Waals surface area contributed by atoms with Gasteiger partial charge in [0.15, 0.2) is 0 Å². The number of hydrogen-bond donors (Lipinski definition) is 1. The summed E-state index contributed by atoms with van der Waals surface area (Å²) in [5, 5.41) is 1.23. The zero-order valence-electron chi connectivity index (χ0n) is 14.5. The molecular formula is C17H13Cl3F2N2O4S. The lowest BCUT2D eigenvalue weighted by atomic mass is 10.2. The Hall–Kier alpha value is -1.49. The fourth-order valence-electron chi connectivity index (χ4n) is 2.65. The van der Waals surface area contributed by atoms with Crippen molar-refractivity contribution in [3.8, 4) is 0 Å². The van der Waals surface area contributed by atoms with Gasteiger partial charge in [0.1, 0.15) is 21.6 Å². The Morgan fingerprint density at radius 1 is 1.00 bits per heavy atom. The van der Waals surface area contributed by atoms with Crippen LogP contribution in [-0.2, 0) is 14.8 Å². The molecule has 156 valence electrons. The van der Waals surface area contributed by atoms with Crippen molar-refractivity contribution in [1.29, 1.82) is 0 Å². The van der Waals surface area contributed by atoms with Crippen molar-refractivity contribution in [2.75, 3.05) is 31.6 Å². The van der Waals surface area contributed by atoms with E-state index >= 15 is 0 Å². The SMILES string of the molecule is O=C(Nc1cc(F)c(Cl)c(F)c1)c1cc(S(=O)(=O)N2CCOCC2)c(Cl)cc1Cl. The molecule has 0 atom stereocenters. The molecule has 1 aliphatic rings. The van der Waals surface area contributed by atoms with Gasteiger partial charge in [-0.2, -0.15) is 4.31 Å². The van der Waals surface area contributed by atoms with E-state index in [9.17, 15) is 22.0 Å². The number of morpholine rings is 1. The van der Waals surface area contributed by atoms with E-state index in [1.807, 2.05) is 0 Å². The Bertz CT molecular complexity index is 1050. The van der Waals surface area contributed by atoms with E-state index in [1.165, 1.54) is 4.31 Å². The third-order valence-electron chi connectivity index (χ3n) is 4.10. The number of anilines is 1. The number of benzene rings is 2. The molecule has 0 bridgehead atoms. The number of nitrogens with one attached hydrogen (secondary N) is 1. The molecule has 1 saturated heterocycles. The molecule has 2 aromatic rings. The summed E-state index contributed by atoms with van der Waals surface area (Å²) in [4.78, 5) is 12.2. The largest absolute Gasteiger partial charge is 0.379 e. The second-order valence-corrected chi connectivity index (χ2v) is 9.09. The minimum atomic E-state index is -4.01. The van der Waals surface area contributed by atoms with Crippen LogP contribution in [0, 0.1) is 11.6 Å². The third-order valence-corrected chi connectivity index (χ3v) is 7.13. The van der Waals surface area contributed by atoms with Crippen LogP contribution in [-0.4, -0.2) is 44.9 Å². The zero-order valence-corrected chi connectivity index (χ0v) is 17.6. The second-order valence-electron chi connectivity index (χ2n) is 5.99. The molecule has 1 heterocycles. The Labute approximate surface area is 180 Å². The number of ether oxygens (including phenoxy) is 1. The molecule has 6 nitrogen and oxygen atoms in total. The highest BCUT2D eigenvalue weighted by molar-refractivity contribution is 7.89. The summed E-state index contributed by atoms with van der Waals surface area (Å²) < 4.78 is 59.3. The summed E-state index contributed by atoms with van der Waals surface area (Å²) in [5.74, 6) is -3.02. The molecule has 1 N–H and O–H groups in total. The quantitative estimate of drug-likeness (QED) is 0.659. The van der Waals surface area contributed by atoms with Gasteiger partial charge >= 0.3 is 0 Å². The number of sulfonamides is 1. The maximum atomic E-state index is 13.6. The van der Waals surface area contributed by atoms with Gasteiger partial charge in [0.25, 0.3) is 5.91 Å². The van der Waals surface area contributed by atoms with Gasteiger partial charge < -0.3 is 10.1 Å². The number of nitrogens with zero attached hydrogens (tertiary/aromatic N) is 1. The highest BCUT2D eigenvalue weighted by atomic mass is 35.5. The molecule has 0 aliphatic carbocycles. The van der Waals surface area contributed by atoms with Gasteiger partial charge in [-0.15, -0.1) is 0 Å². The number of hydrogen-bond acceptors (Lipinski definition) is 4. The van der Waals surface area contributed by atoms with Crippen LogP contribution >= 0.6 is 34.8 Å². The molecule has 0 saturated carbocycles. The van der Waals surface area contributed by atoms with Crippen LogP contribution in [0.5, 0.6) is 0 Å². The molecule has 1 amide bonds. The van der Waals surface area contributed by atoms with Crippen LogP contribution < -0.4 is 5.32 Å². The normalized spacial score (nSPS) is 15.3. The van der Waals surface area contributed by atoms with Gasteiger partial charge in [-0.1, -0.05) is 34.8 Å². The van der Waals surface area contributed by atoms with E-state index < -0.39 is 32.6 Å². The smallest absolute Gasteiger partial charge is 0.257 e. The van der Waals surface area contributed by atoms with Gasteiger partial charge in [0.05, 0.1) is 28.8 Å². The van der Waals surface area contributed by atoms with E-state index in [0.29, 0.717) is 0 Å². The van der Waals surface area contributed by atoms with Crippen LogP contribution in [0.2, 0.25) is 15.1 Å². The van der Waals surface area contributed by atoms with Gasteiger partial charge in [0.2, 0.25) is 10.0 Å². The monoisotopic (exact) mass is 484 g/mol. The van der Waals surface area contributed by atoms with Crippen molar-refractivity contribution < 1.29 is 26.7 Å². The molecule has 1 aliphatic heterocycles. The Balaban J connectivity index is 1.96. The van der Waals surface area contributed by atoms with Crippen LogP contribution in [0.25, 0.3) is 0 Å². The van der Waals surface area contributed by atoms with Crippen molar-refractivity contribution in [2.45, 2.75) is 4.90 Å². The van der Waals surface area contributed by atoms with Crippen LogP contribution in [0.1, 0.15) is 10.4 Å². The lowest BCUT2D eigenvalue weighted by Crippen LogP contribution is -2.40. The third kappa shape index (κ3) is 4.65. The van der Waals surface area contributed by atoms with E-state index in [4.69, 9.17) is 39.5 Å². The second kappa shape index (κ2) is 8.71. The average Bonchev–Trinajstić information content (AvgIpc) is 2.66. The van der Waals surface area contributed by atoms with E-state index in [1.54, 1.807) is 0 Å². The molecular weight excluding hydrogens is 473 g/mol. The molecule has 0 unspecified atom stereocenters. The standard InChI is InChI=1S/C17H13Cl3F2N2O4S/c18-11-8-12(19)15(29(26,27)24-1-3-28-4-2-24)7-10(11)17(25)23-9-5-13(21)16(20)14(22)6-9/h5-8H,1-4H2,(H,23,25). The zero-order chi connectivity index (χ0) is 21.3. The van der Waals surface area contributed by atoms with E-state index in [2.05, 4.69) is 5.32 Å². The molecule has 0 radical (unpaired) electrons. The van der Waals surface area contributed by atoms with Crippen molar-refractivity contribution in [3.63, 3.8) is 0 Å². The number of rotatable bonds is 4. The predicted octanol–water partition coefficient (Wildman–Crippen LogP) is 4.20. The minimum Gasteiger partial charge on any atom is -0.379 e. The number of carbonyl (C=O) groups is 1. The van der Waals surface area contributed by atoms with Crippen LogP contribution in [0.3, 0.4) is 0 Å². The Morgan fingerprint density at radius 2 is 1.59 bits per heavy atom. The highest BCUT2D eigenvalue weighted by Crippen LogP contribution is 2.32. The van der Waals surface area contributed by atoms with E-state index in [-0.39, 0.29) is 52.5 Å². The number of amides is 1. The van der Waals surface area contributed by atoms with Gasteiger partial charge in [-0.25, -0.2) is 17.2 Å². The topological polar surface area (TPSA) is 75.7 Å². The first-order valence-corrected chi connectivity index (χ1v) is 10.7. The van der Waals surface area contributed by atoms with Crippen LogP contribution in [0.4, 0.5) is 14.5 Å². The van der Waals surface area contributed by atoms with Crippen molar-refractivity contribution >= 4 is 56.4 Å². The summed E-state index contributed by atoms with van der Waals surface area (Å²) in [6, 6.07) is 3.78. The summed E-state index contributed by atoms with van der Waals surface area (Å²) in [5.41, 5.74) is -0.461. The number of carbonyl (C=O) groups excluding carboxylic acids is 1. The Morgan fingerprint density at radius 3 is 2.17 bits per heavy atom. The average molecular weight is 486 g/mol. The van der Waals surface area contributed by atoms with Gasteiger partial charge in [-0.05, 0) is 24.3 Å². The lowest BCUT2D eigenvalue weighted by Gasteiger charge is -2.26. The summed E-state index contributed by atoms with van der Waals surface area (Å²) >= 11 is 17.5. The van der Waals surface area contributed by atoms with Gasteiger partial charge in [-0.3, -0.25) is 4.79 Å². The first kappa shape index (κ1) is 22.2. The molecule has 0 aromatic heterocycles. The first-order valence-electron chi connectivity index (χ1n) is 8.14. The molecule has 2 aromatic carbocycles. The fourth-order valence-corrected chi connectivity index (χ4v) is 5.00. The minimum absolute atomic E-state index is 0.131. The summed E-state index contributed by atoms with van der Waals surface area (Å²) in [6.07, 6.45) is 0. The first-order chi connectivity index (χ1) is 13.6. The van der Waals surface area contributed by atoms with Crippen molar-refractivity contribution in [1.82, 2.24) is 4.31 Å². The lowest BCUT2D eigenvalue weighted by molar-refractivity contribution is 0.0730. The fraction of sp³-hybridized carbons (Fsp3) is 0.235. The molecule has 1 fully saturated rings. The van der Waals surface area contributed by atoms with Crippen molar-refractivity contribution in [2.24, 2.45) is 0 Å². The van der Waals surface area contributed by atoms with Gasteiger partial charge in [0, 0.05) is 18.8 Å². The molecule has 3 rings (SSSR count). The number of halogens is 5. The maximum absolute atomic E-state index is 13.6. The Kier molecular flexibility index (Phi) is 6.67. The maximum Gasteiger partial charge on any atom is 0.257 e. The summed E-state index contributed by atoms with van der Waals surface area (Å²) in [7, 11) is -4.01. The van der Waals surface area contributed by atoms with Crippen molar-refractivity contribution in [3.05, 3.63) is 56.5 Å². The predicted molar refractivity (Wildman–Crippen MR) is 105 cm³/mol. The summed E-state index contributed by atoms with van der Waals surface area (Å²) in [6.45, 7) is 0.718. The molecule has 29 heavy (non-hydrogen) atoms. The van der Waals surface area contributed by atoms with Crippen LogP contribution in [0.15, 0.2) is 29.2 Å². The molecule has 12 heteroatoms. The molecule has 0 spiro atoms.